The van der Waals surface area contributed by atoms with Crippen molar-refractivity contribution < 1.29 is 19.1 Å². The van der Waals surface area contributed by atoms with Crippen LogP contribution in [0.3, 0.4) is 0 Å². The van der Waals surface area contributed by atoms with Gasteiger partial charge in [0.15, 0.2) is 11.5 Å². The van der Waals surface area contributed by atoms with Crippen molar-refractivity contribution in [2.45, 2.75) is 19.4 Å². The van der Waals surface area contributed by atoms with E-state index in [4.69, 9.17) is 21.1 Å². The van der Waals surface area contributed by atoms with Crippen molar-refractivity contribution in [2.75, 3.05) is 25.7 Å². The molecule has 0 saturated carbocycles. The van der Waals surface area contributed by atoms with E-state index in [1.165, 1.54) is 20.3 Å². The third kappa shape index (κ3) is 4.17. The monoisotopic (exact) mass is 388 g/mol. The zero-order valence-electron chi connectivity index (χ0n) is 15.3. The zero-order valence-corrected chi connectivity index (χ0v) is 16.0. The van der Waals surface area contributed by atoms with Crippen LogP contribution in [0.15, 0.2) is 36.4 Å². The van der Waals surface area contributed by atoms with Gasteiger partial charge in [-0.1, -0.05) is 23.7 Å². The van der Waals surface area contributed by atoms with Crippen molar-refractivity contribution in [3.05, 3.63) is 52.5 Å². The van der Waals surface area contributed by atoms with E-state index in [2.05, 4.69) is 5.32 Å². The van der Waals surface area contributed by atoms with Gasteiger partial charge in [-0.2, -0.15) is 0 Å². The van der Waals surface area contributed by atoms with Gasteiger partial charge >= 0.3 is 0 Å². The van der Waals surface area contributed by atoms with Gasteiger partial charge in [-0.15, -0.1) is 0 Å². The molecular formula is C20H21ClN2O4. The first kappa shape index (κ1) is 19.0. The Kier molecular flexibility index (Phi) is 5.86. The lowest BCUT2D eigenvalue weighted by Gasteiger charge is -2.17. The Bertz CT molecular complexity index is 869. The number of methoxy groups -OCH3 is 2. The first-order valence-corrected chi connectivity index (χ1v) is 9.00. The van der Waals surface area contributed by atoms with Crippen LogP contribution in [-0.4, -0.2) is 32.6 Å². The molecule has 1 saturated heterocycles. The van der Waals surface area contributed by atoms with E-state index in [-0.39, 0.29) is 11.8 Å². The van der Waals surface area contributed by atoms with Crippen molar-refractivity contribution in [2.24, 2.45) is 0 Å². The summed E-state index contributed by atoms with van der Waals surface area (Å²) in [7, 11) is 2.97. The van der Waals surface area contributed by atoms with Crippen LogP contribution in [0.1, 0.15) is 28.8 Å². The summed E-state index contributed by atoms with van der Waals surface area (Å²) >= 11 is 6.16. The number of carbonyl (C=O) groups excluding carboxylic acids is 2. The Morgan fingerprint density at radius 2 is 2.04 bits per heavy atom. The highest BCUT2D eigenvalue weighted by molar-refractivity contribution is 6.32. The number of ether oxygens (including phenoxy) is 2. The van der Waals surface area contributed by atoms with Gasteiger partial charge in [0, 0.05) is 30.8 Å². The predicted octanol–water partition coefficient (Wildman–Crippen LogP) is 3.41. The van der Waals surface area contributed by atoms with Crippen LogP contribution in [-0.2, 0) is 11.3 Å². The molecule has 0 spiro atoms. The molecule has 3 rings (SSSR count). The van der Waals surface area contributed by atoms with Gasteiger partial charge in [0.05, 0.1) is 19.2 Å². The van der Waals surface area contributed by atoms with E-state index in [1.807, 2.05) is 24.3 Å². The average Bonchev–Trinajstić information content (AvgIpc) is 3.11. The molecule has 7 heteroatoms. The molecule has 1 fully saturated rings. The average molecular weight is 389 g/mol. The minimum Gasteiger partial charge on any atom is -0.493 e. The molecule has 0 radical (unpaired) electrons. The van der Waals surface area contributed by atoms with Gasteiger partial charge in [0.25, 0.3) is 5.91 Å². The van der Waals surface area contributed by atoms with Gasteiger partial charge in [-0.25, -0.2) is 0 Å². The van der Waals surface area contributed by atoms with Crippen LogP contribution < -0.4 is 19.7 Å². The molecule has 142 valence electrons. The zero-order chi connectivity index (χ0) is 19.4. The number of halogens is 1. The van der Waals surface area contributed by atoms with Crippen LogP contribution >= 0.6 is 11.6 Å². The summed E-state index contributed by atoms with van der Waals surface area (Å²) in [5.74, 6) is 0.639. The minimum atomic E-state index is -0.277. The maximum absolute atomic E-state index is 12.5. The lowest BCUT2D eigenvalue weighted by molar-refractivity contribution is -0.117. The third-order valence-electron chi connectivity index (χ3n) is 4.44. The summed E-state index contributed by atoms with van der Waals surface area (Å²) in [6.07, 6.45) is 1.46. The molecule has 2 amide bonds. The summed E-state index contributed by atoms with van der Waals surface area (Å²) in [4.78, 5) is 26.2. The fraction of sp³-hybridized carbons (Fsp3) is 0.300. The van der Waals surface area contributed by atoms with E-state index < -0.39 is 0 Å². The molecule has 0 atom stereocenters. The topological polar surface area (TPSA) is 67.9 Å². The van der Waals surface area contributed by atoms with E-state index in [0.717, 1.165) is 24.2 Å². The molecule has 1 heterocycles. The normalized spacial score (nSPS) is 13.6. The van der Waals surface area contributed by atoms with Crippen LogP contribution in [0.4, 0.5) is 5.69 Å². The number of hydrogen-bond acceptors (Lipinski definition) is 4. The van der Waals surface area contributed by atoms with Crippen molar-refractivity contribution in [3.8, 4) is 11.5 Å². The van der Waals surface area contributed by atoms with E-state index in [9.17, 15) is 9.59 Å². The van der Waals surface area contributed by atoms with Crippen LogP contribution in [0.2, 0.25) is 5.02 Å². The summed E-state index contributed by atoms with van der Waals surface area (Å²) < 4.78 is 10.4. The quantitative estimate of drug-likeness (QED) is 0.823. The molecule has 0 aromatic heterocycles. The Morgan fingerprint density at radius 1 is 1.22 bits per heavy atom. The lowest BCUT2D eigenvalue weighted by Crippen LogP contribution is -2.25. The number of nitrogens with one attached hydrogen (secondary N) is 1. The van der Waals surface area contributed by atoms with Crippen molar-refractivity contribution in [1.29, 1.82) is 0 Å². The molecule has 2 aromatic carbocycles. The number of hydrogen-bond donors (Lipinski definition) is 1. The molecule has 2 aromatic rings. The summed E-state index contributed by atoms with van der Waals surface area (Å²) in [6.45, 7) is 1.07. The number of amides is 2. The Labute approximate surface area is 163 Å². The molecule has 0 unspecified atom stereocenters. The second-order valence-corrected chi connectivity index (χ2v) is 6.60. The summed E-state index contributed by atoms with van der Waals surface area (Å²) in [5.41, 5.74) is 2.15. The van der Waals surface area contributed by atoms with Crippen LogP contribution in [0.25, 0.3) is 0 Å². The number of rotatable bonds is 6. The first-order valence-electron chi connectivity index (χ1n) is 8.62. The van der Waals surface area contributed by atoms with Gasteiger partial charge in [-0.3, -0.25) is 9.59 Å². The third-order valence-corrected chi connectivity index (χ3v) is 4.73. The van der Waals surface area contributed by atoms with E-state index >= 15 is 0 Å². The van der Waals surface area contributed by atoms with Gasteiger partial charge in [0.1, 0.15) is 0 Å². The van der Waals surface area contributed by atoms with Crippen molar-refractivity contribution in [1.82, 2.24) is 5.32 Å². The smallest absolute Gasteiger partial charge is 0.251 e. The molecule has 1 N–H and O–H groups in total. The second-order valence-electron chi connectivity index (χ2n) is 6.20. The number of carbonyl (C=O) groups is 2. The molecule has 6 nitrogen and oxygen atoms in total. The van der Waals surface area contributed by atoms with Gasteiger partial charge in [-0.05, 0) is 36.2 Å². The van der Waals surface area contributed by atoms with Gasteiger partial charge in [0.2, 0.25) is 5.91 Å². The van der Waals surface area contributed by atoms with Crippen LogP contribution in [0, 0.1) is 0 Å². The fourth-order valence-corrected chi connectivity index (χ4v) is 3.38. The van der Waals surface area contributed by atoms with Crippen LogP contribution in [0.5, 0.6) is 11.5 Å². The lowest BCUT2D eigenvalue weighted by atomic mass is 10.1. The largest absolute Gasteiger partial charge is 0.493 e. The summed E-state index contributed by atoms with van der Waals surface area (Å²) in [6, 6.07) is 10.7. The summed E-state index contributed by atoms with van der Waals surface area (Å²) in [5, 5.41) is 3.17. The number of benzene rings is 2. The minimum absolute atomic E-state index is 0.135. The first-order chi connectivity index (χ1) is 13.0. The van der Waals surface area contributed by atoms with Gasteiger partial charge < -0.3 is 19.7 Å². The molecule has 1 aliphatic heterocycles. The maximum Gasteiger partial charge on any atom is 0.251 e. The SMILES string of the molecule is COc1cc(C(=O)NCc2cccc(N3CCCC3=O)c2)cc(Cl)c1OC. The highest BCUT2D eigenvalue weighted by atomic mass is 35.5. The second kappa shape index (κ2) is 8.31. The van der Waals surface area contributed by atoms with Crippen molar-refractivity contribution in [3.63, 3.8) is 0 Å². The standard InChI is InChI=1S/C20H21ClN2O4/c1-26-17-11-14(10-16(21)19(17)27-2)20(25)22-12-13-5-3-6-15(9-13)23-8-4-7-18(23)24/h3,5-6,9-11H,4,7-8,12H2,1-2H3,(H,22,25). The molecule has 0 bridgehead atoms. The molecule has 1 aliphatic rings. The fourth-order valence-electron chi connectivity index (χ4n) is 3.09. The molecular weight excluding hydrogens is 368 g/mol. The highest BCUT2D eigenvalue weighted by Gasteiger charge is 2.21. The highest BCUT2D eigenvalue weighted by Crippen LogP contribution is 2.36. The van der Waals surface area contributed by atoms with Crippen molar-refractivity contribution >= 4 is 29.1 Å². The Morgan fingerprint density at radius 3 is 2.70 bits per heavy atom. The maximum atomic E-state index is 12.5. The molecule has 27 heavy (non-hydrogen) atoms. The van der Waals surface area contributed by atoms with E-state index in [1.54, 1.807) is 11.0 Å². The number of nitrogens with zero attached hydrogens (tertiary/aromatic N) is 1. The number of anilines is 1. The Hall–Kier alpha value is -2.73. The Balaban J connectivity index is 1.71. The molecule has 0 aliphatic carbocycles. The van der Waals surface area contributed by atoms with E-state index in [0.29, 0.717) is 35.1 Å². The predicted molar refractivity (Wildman–Crippen MR) is 104 cm³/mol.